The lowest BCUT2D eigenvalue weighted by atomic mass is 10.1. The van der Waals surface area contributed by atoms with Crippen molar-refractivity contribution in [1.29, 1.82) is 0 Å². The highest BCUT2D eigenvalue weighted by Gasteiger charge is 2.02. The average molecular weight is 260 g/mol. The molecular formula is C15H16O4. The van der Waals surface area contributed by atoms with Crippen LogP contribution in [0.15, 0.2) is 42.5 Å². The number of rotatable bonds is 1. The molecule has 100 valence electrons. The van der Waals surface area contributed by atoms with Gasteiger partial charge in [0.05, 0.1) is 5.56 Å². The summed E-state index contributed by atoms with van der Waals surface area (Å²) in [5, 5.41) is 26.6. The predicted molar refractivity (Wildman–Crippen MR) is 72.6 cm³/mol. The van der Waals surface area contributed by atoms with Crippen LogP contribution in [0.4, 0.5) is 0 Å². The Hall–Kier alpha value is -2.49. The fourth-order valence-corrected chi connectivity index (χ4v) is 1.37. The molecule has 0 amide bonds. The van der Waals surface area contributed by atoms with Crippen LogP contribution in [0.25, 0.3) is 0 Å². The van der Waals surface area contributed by atoms with E-state index in [1.807, 2.05) is 0 Å². The van der Waals surface area contributed by atoms with Crippen molar-refractivity contribution in [1.82, 2.24) is 0 Å². The van der Waals surface area contributed by atoms with E-state index < -0.39 is 5.97 Å². The molecule has 3 N–H and O–H groups in total. The quantitative estimate of drug-likeness (QED) is 0.688. The summed E-state index contributed by atoms with van der Waals surface area (Å²) in [7, 11) is 0. The SMILES string of the molecule is Cc1c(O)ccc(O)c1C.O=C(O)c1ccccc1. The molecule has 0 aliphatic rings. The number of carboxylic acids is 1. The van der Waals surface area contributed by atoms with Crippen molar-refractivity contribution >= 4 is 5.97 Å². The molecule has 2 rings (SSSR count). The summed E-state index contributed by atoms with van der Waals surface area (Å²) in [6.45, 7) is 3.54. The van der Waals surface area contributed by atoms with Gasteiger partial charge in [0.1, 0.15) is 11.5 Å². The maximum Gasteiger partial charge on any atom is 0.335 e. The van der Waals surface area contributed by atoms with Gasteiger partial charge in [0.25, 0.3) is 0 Å². The second kappa shape index (κ2) is 6.44. The lowest BCUT2D eigenvalue weighted by molar-refractivity contribution is 0.0697. The molecule has 0 aliphatic carbocycles. The number of carbonyl (C=O) groups is 1. The van der Waals surface area contributed by atoms with E-state index in [0.717, 1.165) is 11.1 Å². The number of aromatic hydroxyl groups is 2. The zero-order valence-electron chi connectivity index (χ0n) is 10.8. The van der Waals surface area contributed by atoms with Gasteiger partial charge in [0.15, 0.2) is 0 Å². The minimum Gasteiger partial charge on any atom is -0.508 e. The van der Waals surface area contributed by atoms with Gasteiger partial charge in [-0.3, -0.25) is 0 Å². The number of phenols is 2. The summed E-state index contributed by atoms with van der Waals surface area (Å²) in [5.74, 6) is -0.416. The molecule has 0 heterocycles. The second-order valence-corrected chi connectivity index (χ2v) is 4.02. The smallest absolute Gasteiger partial charge is 0.335 e. The van der Waals surface area contributed by atoms with E-state index in [9.17, 15) is 4.79 Å². The molecule has 4 nitrogen and oxygen atoms in total. The van der Waals surface area contributed by atoms with Gasteiger partial charge in [-0.05, 0) is 49.2 Å². The molecule has 0 bridgehead atoms. The summed E-state index contributed by atoms with van der Waals surface area (Å²) in [5.41, 5.74) is 1.80. The summed E-state index contributed by atoms with van der Waals surface area (Å²) in [4.78, 5) is 10.2. The van der Waals surface area contributed by atoms with Crippen molar-refractivity contribution < 1.29 is 20.1 Å². The molecular weight excluding hydrogens is 244 g/mol. The fourth-order valence-electron chi connectivity index (χ4n) is 1.37. The molecule has 0 unspecified atom stereocenters. The highest BCUT2D eigenvalue weighted by atomic mass is 16.4. The first-order chi connectivity index (χ1) is 8.93. The first-order valence-corrected chi connectivity index (χ1v) is 5.70. The van der Waals surface area contributed by atoms with Gasteiger partial charge in [-0.2, -0.15) is 0 Å². The van der Waals surface area contributed by atoms with E-state index in [4.69, 9.17) is 15.3 Å². The van der Waals surface area contributed by atoms with Crippen LogP contribution >= 0.6 is 0 Å². The molecule has 0 saturated heterocycles. The van der Waals surface area contributed by atoms with Gasteiger partial charge in [-0.15, -0.1) is 0 Å². The summed E-state index contributed by atoms with van der Waals surface area (Å²) >= 11 is 0. The van der Waals surface area contributed by atoms with E-state index in [0.29, 0.717) is 5.56 Å². The van der Waals surface area contributed by atoms with Crippen LogP contribution in [0.5, 0.6) is 11.5 Å². The Bertz CT molecular complexity index is 535. The van der Waals surface area contributed by atoms with Crippen molar-refractivity contribution in [2.75, 3.05) is 0 Å². The molecule has 0 saturated carbocycles. The predicted octanol–water partition coefficient (Wildman–Crippen LogP) is 3.10. The van der Waals surface area contributed by atoms with Crippen LogP contribution in [-0.4, -0.2) is 21.3 Å². The normalized spacial score (nSPS) is 9.37. The van der Waals surface area contributed by atoms with Gasteiger partial charge in [-0.1, -0.05) is 18.2 Å². The van der Waals surface area contributed by atoms with E-state index in [2.05, 4.69) is 0 Å². The van der Waals surface area contributed by atoms with Crippen molar-refractivity contribution in [2.45, 2.75) is 13.8 Å². The van der Waals surface area contributed by atoms with Crippen LogP contribution in [0.2, 0.25) is 0 Å². The molecule has 0 spiro atoms. The van der Waals surface area contributed by atoms with Crippen molar-refractivity contribution in [3.8, 4) is 11.5 Å². The van der Waals surface area contributed by atoms with Crippen molar-refractivity contribution in [3.05, 3.63) is 59.2 Å². The van der Waals surface area contributed by atoms with Gasteiger partial charge in [-0.25, -0.2) is 4.79 Å². The van der Waals surface area contributed by atoms with Crippen LogP contribution in [0.3, 0.4) is 0 Å². The van der Waals surface area contributed by atoms with E-state index in [-0.39, 0.29) is 11.5 Å². The zero-order chi connectivity index (χ0) is 14.4. The number of aromatic carboxylic acids is 1. The van der Waals surface area contributed by atoms with Crippen LogP contribution in [0, 0.1) is 13.8 Å². The highest BCUT2D eigenvalue weighted by molar-refractivity contribution is 5.87. The van der Waals surface area contributed by atoms with Crippen LogP contribution in [-0.2, 0) is 0 Å². The molecule has 0 atom stereocenters. The van der Waals surface area contributed by atoms with Gasteiger partial charge < -0.3 is 15.3 Å². The molecule has 0 fully saturated rings. The highest BCUT2D eigenvalue weighted by Crippen LogP contribution is 2.26. The van der Waals surface area contributed by atoms with Crippen LogP contribution < -0.4 is 0 Å². The van der Waals surface area contributed by atoms with Crippen LogP contribution in [0.1, 0.15) is 21.5 Å². The van der Waals surface area contributed by atoms with Crippen molar-refractivity contribution in [3.63, 3.8) is 0 Å². The second-order valence-electron chi connectivity index (χ2n) is 4.02. The Morgan fingerprint density at radius 1 is 0.842 bits per heavy atom. The maximum atomic E-state index is 10.2. The number of carboxylic acid groups (broad SMARTS) is 1. The maximum absolute atomic E-state index is 10.2. The Balaban J connectivity index is 0.000000191. The molecule has 4 heteroatoms. The topological polar surface area (TPSA) is 77.8 Å². The molecule has 0 aliphatic heterocycles. The lowest BCUT2D eigenvalue weighted by Gasteiger charge is -2.03. The Labute approximate surface area is 111 Å². The largest absolute Gasteiger partial charge is 0.508 e. The monoisotopic (exact) mass is 260 g/mol. The number of hydrogen-bond donors (Lipinski definition) is 3. The Kier molecular flexibility index (Phi) is 4.94. The Morgan fingerprint density at radius 2 is 1.26 bits per heavy atom. The molecule has 19 heavy (non-hydrogen) atoms. The fraction of sp³-hybridized carbons (Fsp3) is 0.133. The van der Waals surface area contributed by atoms with E-state index in [1.165, 1.54) is 12.1 Å². The number of benzene rings is 2. The van der Waals surface area contributed by atoms with E-state index >= 15 is 0 Å². The third kappa shape index (κ3) is 4.03. The average Bonchev–Trinajstić information content (AvgIpc) is 2.42. The first-order valence-electron chi connectivity index (χ1n) is 5.70. The first kappa shape index (κ1) is 14.6. The summed E-state index contributed by atoms with van der Waals surface area (Å²) < 4.78 is 0. The van der Waals surface area contributed by atoms with Gasteiger partial charge >= 0.3 is 5.97 Å². The standard InChI is InChI=1S/C8H10O2.C7H6O2/c1-5-6(2)8(10)4-3-7(5)9;8-7(9)6-4-2-1-3-5-6/h3-4,9-10H,1-2H3;1-5H,(H,8,9). The third-order valence-corrected chi connectivity index (χ3v) is 2.75. The van der Waals surface area contributed by atoms with E-state index in [1.54, 1.807) is 44.2 Å². The van der Waals surface area contributed by atoms with Gasteiger partial charge in [0, 0.05) is 0 Å². The zero-order valence-corrected chi connectivity index (χ0v) is 10.8. The Morgan fingerprint density at radius 3 is 1.58 bits per heavy atom. The molecule has 0 radical (unpaired) electrons. The third-order valence-electron chi connectivity index (χ3n) is 2.75. The lowest BCUT2D eigenvalue weighted by Crippen LogP contribution is -1.93. The molecule has 0 aromatic heterocycles. The minimum atomic E-state index is -0.879. The van der Waals surface area contributed by atoms with Crippen molar-refractivity contribution in [2.24, 2.45) is 0 Å². The molecule has 2 aromatic carbocycles. The summed E-state index contributed by atoms with van der Waals surface area (Å²) in [6.07, 6.45) is 0. The number of phenolic OH excluding ortho intramolecular Hbond substituents is 2. The number of hydrogen-bond acceptors (Lipinski definition) is 3. The summed E-state index contributed by atoms with van der Waals surface area (Å²) in [6, 6.07) is 11.3. The van der Waals surface area contributed by atoms with Gasteiger partial charge in [0.2, 0.25) is 0 Å². The molecule has 2 aromatic rings. The minimum absolute atomic E-state index is 0.232.